The first kappa shape index (κ1) is 13.0. The highest BCUT2D eigenvalue weighted by Crippen LogP contribution is 2.24. The SMILES string of the molecule is CCN(CC(C)(CC)CN)c1ccccc1. The first-order valence-electron chi connectivity index (χ1n) is 6.15. The number of nitrogens with two attached hydrogens (primary N) is 1. The van der Waals surface area contributed by atoms with Crippen LogP contribution in [0.3, 0.4) is 0 Å². The minimum Gasteiger partial charge on any atom is -0.371 e. The van der Waals surface area contributed by atoms with Crippen LogP contribution in [-0.4, -0.2) is 19.6 Å². The topological polar surface area (TPSA) is 29.3 Å². The van der Waals surface area contributed by atoms with Crippen LogP contribution in [-0.2, 0) is 0 Å². The fraction of sp³-hybridized carbons (Fsp3) is 0.571. The highest BCUT2D eigenvalue weighted by molar-refractivity contribution is 5.46. The first-order chi connectivity index (χ1) is 7.65. The zero-order valence-electron chi connectivity index (χ0n) is 10.7. The van der Waals surface area contributed by atoms with Gasteiger partial charge in [-0.05, 0) is 37.4 Å². The van der Waals surface area contributed by atoms with Gasteiger partial charge in [0.25, 0.3) is 0 Å². The third kappa shape index (κ3) is 3.24. The number of hydrogen-bond donors (Lipinski definition) is 1. The van der Waals surface area contributed by atoms with Gasteiger partial charge in [0.2, 0.25) is 0 Å². The lowest BCUT2D eigenvalue weighted by Crippen LogP contribution is -2.40. The standard InChI is InChI=1S/C14H24N2/c1-4-14(3,11-15)12-16(5-2)13-9-7-6-8-10-13/h6-10H,4-5,11-12,15H2,1-3H3. The summed E-state index contributed by atoms with van der Waals surface area (Å²) in [4.78, 5) is 2.40. The molecule has 0 saturated heterocycles. The second kappa shape index (κ2) is 5.90. The van der Waals surface area contributed by atoms with Gasteiger partial charge >= 0.3 is 0 Å². The van der Waals surface area contributed by atoms with E-state index >= 15 is 0 Å². The second-order valence-electron chi connectivity index (χ2n) is 4.72. The number of rotatable bonds is 6. The molecule has 0 spiro atoms. The number of benzene rings is 1. The van der Waals surface area contributed by atoms with Crippen molar-refractivity contribution < 1.29 is 0 Å². The van der Waals surface area contributed by atoms with Crippen molar-refractivity contribution in [1.29, 1.82) is 0 Å². The number of nitrogens with zero attached hydrogens (tertiary/aromatic N) is 1. The Balaban J connectivity index is 2.77. The van der Waals surface area contributed by atoms with Crippen molar-refractivity contribution in [1.82, 2.24) is 0 Å². The van der Waals surface area contributed by atoms with Crippen LogP contribution >= 0.6 is 0 Å². The molecule has 0 bridgehead atoms. The van der Waals surface area contributed by atoms with E-state index in [9.17, 15) is 0 Å². The van der Waals surface area contributed by atoms with Gasteiger partial charge in [-0.2, -0.15) is 0 Å². The van der Waals surface area contributed by atoms with Crippen LogP contribution in [0.5, 0.6) is 0 Å². The van der Waals surface area contributed by atoms with Gasteiger partial charge in [0.15, 0.2) is 0 Å². The van der Waals surface area contributed by atoms with Crippen molar-refractivity contribution in [2.24, 2.45) is 11.1 Å². The van der Waals surface area contributed by atoms with Crippen LogP contribution in [0.4, 0.5) is 5.69 Å². The van der Waals surface area contributed by atoms with Gasteiger partial charge in [0, 0.05) is 18.8 Å². The Bertz CT molecular complexity index is 291. The molecule has 16 heavy (non-hydrogen) atoms. The molecule has 0 amide bonds. The third-order valence-corrected chi connectivity index (χ3v) is 3.42. The highest BCUT2D eigenvalue weighted by atomic mass is 15.1. The second-order valence-corrected chi connectivity index (χ2v) is 4.72. The zero-order chi connectivity index (χ0) is 12.0. The molecule has 0 fully saturated rings. The van der Waals surface area contributed by atoms with Gasteiger partial charge in [0.1, 0.15) is 0 Å². The maximum absolute atomic E-state index is 5.87. The smallest absolute Gasteiger partial charge is 0.0366 e. The van der Waals surface area contributed by atoms with E-state index in [0.717, 1.165) is 26.1 Å². The Kier molecular flexibility index (Phi) is 4.81. The Morgan fingerprint density at radius 1 is 1.19 bits per heavy atom. The lowest BCUT2D eigenvalue weighted by Gasteiger charge is -2.34. The Morgan fingerprint density at radius 2 is 1.81 bits per heavy atom. The molecule has 1 atom stereocenters. The number of hydrogen-bond acceptors (Lipinski definition) is 2. The van der Waals surface area contributed by atoms with Crippen molar-refractivity contribution in [2.45, 2.75) is 27.2 Å². The molecule has 0 radical (unpaired) electrons. The van der Waals surface area contributed by atoms with Crippen LogP contribution in [0.25, 0.3) is 0 Å². The monoisotopic (exact) mass is 220 g/mol. The van der Waals surface area contributed by atoms with Crippen molar-refractivity contribution in [3.8, 4) is 0 Å². The highest BCUT2D eigenvalue weighted by Gasteiger charge is 2.23. The lowest BCUT2D eigenvalue weighted by molar-refractivity contribution is 0.326. The molecule has 1 rings (SSSR count). The van der Waals surface area contributed by atoms with Crippen LogP contribution < -0.4 is 10.6 Å². The fourth-order valence-corrected chi connectivity index (χ4v) is 1.81. The minimum absolute atomic E-state index is 0.214. The summed E-state index contributed by atoms with van der Waals surface area (Å²) >= 11 is 0. The molecule has 0 aliphatic rings. The Hall–Kier alpha value is -1.02. The van der Waals surface area contributed by atoms with E-state index in [1.165, 1.54) is 5.69 Å². The zero-order valence-corrected chi connectivity index (χ0v) is 10.7. The first-order valence-corrected chi connectivity index (χ1v) is 6.15. The van der Waals surface area contributed by atoms with Crippen molar-refractivity contribution in [2.75, 3.05) is 24.5 Å². The largest absolute Gasteiger partial charge is 0.371 e. The van der Waals surface area contributed by atoms with Crippen LogP contribution in [0, 0.1) is 5.41 Å². The average Bonchev–Trinajstić information content (AvgIpc) is 2.36. The van der Waals surface area contributed by atoms with Crippen LogP contribution in [0.15, 0.2) is 30.3 Å². The molecule has 2 N–H and O–H groups in total. The summed E-state index contributed by atoms with van der Waals surface area (Å²) in [5, 5.41) is 0. The molecule has 2 nitrogen and oxygen atoms in total. The molecule has 0 aliphatic carbocycles. The Labute approximate surface area is 99.5 Å². The molecule has 0 saturated carbocycles. The van der Waals surface area contributed by atoms with E-state index in [1.807, 2.05) is 0 Å². The van der Waals surface area contributed by atoms with E-state index in [-0.39, 0.29) is 5.41 Å². The lowest BCUT2D eigenvalue weighted by atomic mass is 9.87. The number of para-hydroxylation sites is 1. The fourth-order valence-electron chi connectivity index (χ4n) is 1.81. The van der Waals surface area contributed by atoms with Crippen LogP contribution in [0.1, 0.15) is 27.2 Å². The van der Waals surface area contributed by atoms with Gasteiger partial charge in [-0.25, -0.2) is 0 Å². The van der Waals surface area contributed by atoms with E-state index in [1.54, 1.807) is 0 Å². The summed E-state index contributed by atoms with van der Waals surface area (Å²) in [6.07, 6.45) is 1.12. The average molecular weight is 220 g/mol. The van der Waals surface area contributed by atoms with Gasteiger partial charge in [-0.1, -0.05) is 32.0 Å². The van der Waals surface area contributed by atoms with E-state index in [2.05, 4.69) is 56.0 Å². The summed E-state index contributed by atoms with van der Waals surface area (Å²) in [6.45, 7) is 9.47. The molecule has 1 aromatic rings. The van der Waals surface area contributed by atoms with E-state index < -0.39 is 0 Å². The third-order valence-electron chi connectivity index (χ3n) is 3.42. The molecule has 0 aliphatic heterocycles. The summed E-state index contributed by atoms with van der Waals surface area (Å²) in [6, 6.07) is 10.6. The maximum Gasteiger partial charge on any atom is 0.0366 e. The predicted molar refractivity (Wildman–Crippen MR) is 71.8 cm³/mol. The molecule has 2 heteroatoms. The van der Waals surface area contributed by atoms with Gasteiger partial charge < -0.3 is 10.6 Å². The molecular formula is C14H24N2. The molecule has 0 aromatic heterocycles. The van der Waals surface area contributed by atoms with Crippen LogP contribution in [0.2, 0.25) is 0 Å². The molecule has 1 aromatic carbocycles. The van der Waals surface area contributed by atoms with Crippen molar-refractivity contribution >= 4 is 5.69 Å². The summed E-state index contributed by atoms with van der Waals surface area (Å²) in [5.41, 5.74) is 7.38. The molecular weight excluding hydrogens is 196 g/mol. The van der Waals surface area contributed by atoms with Gasteiger partial charge in [-0.3, -0.25) is 0 Å². The van der Waals surface area contributed by atoms with E-state index in [4.69, 9.17) is 5.73 Å². The Morgan fingerprint density at radius 3 is 2.25 bits per heavy atom. The maximum atomic E-state index is 5.87. The summed E-state index contributed by atoms with van der Waals surface area (Å²) in [7, 11) is 0. The molecule has 0 heterocycles. The van der Waals surface area contributed by atoms with Crippen molar-refractivity contribution in [3.05, 3.63) is 30.3 Å². The molecule has 90 valence electrons. The van der Waals surface area contributed by atoms with E-state index in [0.29, 0.717) is 0 Å². The summed E-state index contributed by atoms with van der Waals surface area (Å²) < 4.78 is 0. The summed E-state index contributed by atoms with van der Waals surface area (Å²) in [5.74, 6) is 0. The number of anilines is 1. The molecule has 1 unspecified atom stereocenters. The predicted octanol–water partition coefficient (Wildman–Crippen LogP) is 2.89. The van der Waals surface area contributed by atoms with Gasteiger partial charge in [0.05, 0.1) is 0 Å². The van der Waals surface area contributed by atoms with Crippen molar-refractivity contribution in [3.63, 3.8) is 0 Å². The minimum atomic E-state index is 0.214. The quantitative estimate of drug-likeness (QED) is 0.798. The normalized spacial score (nSPS) is 14.5. The van der Waals surface area contributed by atoms with Gasteiger partial charge in [-0.15, -0.1) is 0 Å².